The van der Waals surface area contributed by atoms with Crippen LogP contribution in [0.1, 0.15) is 26.5 Å². The summed E-state index contributed by atoms with van der Waals surface area (Å²) in [7, 11) is 0. The summed E-state index contributed by atoms with van der Waals surface area (Å²) in [5, 5.41) is 2.92. The fraction of sp³-hybridized carbons (Fsp3) is 0.231. The van der Waals surface area contributed by atoms with Crippen LogP contribution in [0, 0.1) is 6.92 Å². The van der Waals surface area contributed by atoms with E-state index in [0.717, 1.165) is 23.5 Å². The minimum absolute atomic E-state index is 0.133. The predicted molar refractivity (Wildman–Crippen MR) is 73.9 cm³/mol. The Labute approximate surface area is 122 Å². The van der Waals surface area contributed by atoms with Crippen LogP contribution >= 0.6 is 11.3 Å². The molecule has 0 atom stereocenters. The molecule has 3 N–H and O–H groups in total. The van der Waals surface area contributed by atoms with Gasteiger partial charge in [-0.1, -0.05) is 23.5 Å². The highest BCUT2D eigenvalue weighted by molar-refractivity contribution is 7.17. The predicted octanol–water partition coefficient (Wildman–Crippen LogP) is 2.98. The number of nitrogens with two attached hydrogens (primary N) is 1. The summed E-state index contributed by atoms with van der Waals surface area (Å²) in [6.45, 7) is 1.80. The number of benzene rings is 1. The lowest BCUT2D eigenvalue weighted by atomic mass is 10.1. The number of nitrogen functional groups attached to an aromatic ring is 1. The van der Waals surface area contributed by atoms with Crippen LogP contribution in [0.4, 0.5) is 18.3 Å². The lowest BCUT2D eigenvalue weighted by Gasteiger charge is -2.08. The first-order valence-corrected chi connectivity index (χ1v) is 6.76. The van der Waals surface area contributed by atoms with Crippen LogP contribution in [0.2, 0.25) is 0 Å². The summed E-state index contributed by atoms with van der Waals surface area (Å²) in [6, 6.07) is 4.63. The largest absolute Gasteiger partial charge is 0.416 e. The molecule has 0 fully saturated rings. The van der Waals surface area contributed by atoms with Crippen molar-refractivity contribution in [3.05, 3.63) is 46.0 Å². The number of hydrogen-bond acceptors (Lipinski definition) is 4. The van der Waals surface area contributed by atoms with Crippen molar-refractivity contribution in [2.24, 2.45) is 0 Å². The van der Waals surface area contributed by atoms with Gasteiger partial charge in [0.15, 0.2) is 5.13 Å². The standard InChI is InChI=1S/C13H12F3N3OS/c1-7-10(21-12(17)19-7)11(20)18-6-8-2-4-9(5-3-8)13(14,15)16/h2-5H,6H2,1H3,(H2,17,19)(H,18,20). The number of amides is 1. The molecule has 112 valence electrons. The van der Waals surface area contributed by atoms with Gasteiger partial charge >= 0.3 is 6.18 Å². The first-order chi connectivity index (χ1) is 9.77. The number of halogens is 3. The molecule has 1 amide bonds. The maximum Gasteiger partial charge on any atom is 0.416 e. The number of carbonyl (C=O) groups is 1. The molecule has 21 heavy (non-hydrogen) atoms. The smallest absolute Gasteiger partial charge is 0.375 e. The Morgan fingerprint density at radius 3 is 2.43 bits per heavy atom. The third kappa shape index (κ3) is 3.72. The van der Waals surface area contributed by atoms with Gasteiger partial charge in [-0.2, -0.15) is 13.2 Å². The van der Waals surface area contributed by atoms with Gasteiger partial charge in [-0.3, -0.25) is 4.79 Å². The molecule has 0 unspecified atom stereocenters. The van der Waals surface area contributed by atoms with Crippen molar-refractivity contribution in [2.45, 2.75) is 19.6 Å². The van der Waals surface area contributed by atoms with Gasteiger partial charge in [0.1, 0.15) is 4.88 Å². The number of aromatic nitrogens is 1. The van der Waals surface area contributed by atoms with Gasteiger partial charge in [-0.25, -0.2) is 4.98 Å². The molecule has 0 aliphatic heterocycles. The first-order valence-electron chi connectivity index (χ1n) is 5.94. The Kier molecular flexibility index (Phi) is 4.17. The number of carbonyl (C=O) groups excluding carboxylic acids is 1. The second-order valence-electron chi connectivity index (χ2n) is 4.34. The van der Waals surface area contributed by atoms with E-state index in [4.69, 9.17) is 5.73 Å². The Hall–Kier alpha value is -2.09. The molecule has 0 aliphatic carbocycles. The van der Waals surface area contributed by atoms with E-state index in [-0.39, 0.29) is 12.5 Å². The summed E-state index contributed by atoms with van der Waals surface area (Å²) in [5.41, 5.74) is 5.89. The normalized spacial score (nSPS) is 11.4. The zero-order chi connectivity index (χ0) is 15.6. The molecule has 8 heteroatoms. The van der Waals surface area contributed by atoms with Gasteiger partial charge < -0.3 is 11.1 Å². The maximum absolute atomic E-state index is 12.4. The third-order valence-corrected chi connectivity index (χ3v) is 3.74. The van der Waals surface area contributed by atoms with Crippen molar-refractivity contribution >= 4 is 22.4 Å². The zero-order valence-electron chi connectivity index (χ0n) is 11.0. The second kappa shape index (κ2) is 5.72. The summed E-state index contributed by atoms with van der Waals surface area (Å²) in [4.78, 5) is 16.2. The highest BCUT2D eigenvalue weighted by Gasteiger charge is 2.29. The van der Waals surface area contributed by atoms with Crippen LogP contribution in [-0.2, 0) is 12.7 Å². The molecule has 0 radical (unpaired) electrons. The number of nitrogens with one attached hydrogen (secondary N) is 1. The lowest BCUT2D eigenvalue weighted by molar-refractivity contribution is -0.137. The van der Waals surface area contributed by atoms with Crippen LogP contribution in [0.5, 0.6) is 0 Å². The number of nitrogens with zero attached hydrogens (tertiary/aromatic N) is 1. The second-order valence-corrected chi connectivity index (χ2v) is 5.37. The number of anilines is 1. The Morgan fingerprint density at radius 2 is 1.95 bits per heavy atom. The van der Waals surface area contributed by atoms with Crippen LogP contribution in [0.15, 0.2) is 24.3 Å². The van der Waals surface area contributed by atoms with Crippen LogP contribution in [0.25, 0.3) is 0 Å². The fourth-order valence-corrected chi connectivity index (χ4v) is 2.45. The quantitative estimate of drug-likeness (QED) is 0.915. The van der Waals surface area contributed by atoms with E-state index in [1.807, 2.05) is 0 Å². The van der Waals surface area contributed by atoms with Crippen molar-refractivity contribution in [3.63, 3.8) is 0 Å². The monoisotopic (exact) mass is 315 g/mol. The van der Waals surface area contributed by atoms with Crippen molar-refractivity contribution in [1.82, 2.24) is 10.3 Å². The number of alkyl halides is 3. The molecule has 0 saturated heterocycles. The molecule has 4 nitrogen and oxygen atoms in total. The van der Waals surface area contributed by atoms with E-state index < -0.39 is 11.7 Å². The molecule has 0 saturated carbocycles. The summed E-state index contributed by atoms with van der Waals surface area (Å²) in [6.07, 6.45) is -4.36. The van der Waals surface area contributed by atoms with Crippen molar-refractivity contribution in [2.75, 3.05) is 5.73 Å². The lowest BCUT2D eigenvalue weighted by Crippen LogP contribution is -2.22. The number of hydrogen-bond donors (Lipinski definition) is 2. The van der Waals surface area contributed by atoms with E-state index in [2.05, 4.69) is 10.3 Å². The van der Waals surface area contributed by atoms with E-state index in [9.17, 15) is 18.0 Å². The minimum Gasteiger partial charge on any atom is -0.375 e. The molecule has 1 heterocycles. The molecular formula is C13H12F3N3OS. The molecule has 0 bridgehead atoms. The molecule has 0 spiro atoms. The Balaban J connectivity index is 2.00. The van der Waals surface area contributed by atoms with E-state index in [1.54, 1.807) is 6.92 Å². The van der Waals surface area contributed by atoms with Gasteiger partial charge in [-0.15, -0.1) is 0 Å². The van der Waals surface area contributed by atoms with E-state index in [1.165, 1.54) is 12.1 Å². The van der Waals surface area contributed by atoms with Gasteiger partial charge in [-0.05, 0) is 24.6 Å². The van der Waals surface area contributed by atoms with Gasteiger partial charge in [0, 0.05) is 6.54 Å². The molecule has 2 rings (SSSR count). The van der Waals surface area contributed by atoms with Crippen LogP contribution < -0.4 is 11.1 Å². The molecule has 2 aromatic rings. The van der Waals surface area contributed by atoms with Gasteiger partial charge in [0.2, 0.25) is 0 Å². The Morgan fingerprint density at radius 1 is 1.33 bits per heavy atom. The fourth-order valence-electron chi connectivity index (χ4n) is 1.70. The van der Waals surface area contributed by atoms with E-state index in [0.29, 0.717) is 21.3 Å². The summed E-state index contributed by atoms with van der Waals surface area (Å²) >= 11 is 1.07. The average molecular weight is 315 g/mol. The first kappa shape index (κ1) is 15.3. The van der Waals surface area contributed by atoms with Crippen molar-refractivity contribution in [3.8, 4) is 0 Å². The highest BCUT2D eigenvalue weighted by Crippen LogP contribution is 2.29. The minimum atomic E-state index is -4.36. The SMILES string of the molecule is Cc1nc(N)sc1C(=O)NCc1ccc(C(F)(F)F)cc1. The molecule has 1 aromatic carbocycles. The number of rotatable bonds is 3. The number of thiazole rings is 1. The summed E-state index contributed by atoms with van der Waals surface area (Å²) in [5.74, 6) is -0.346. The maximum atomic E-state index is 12.4. The van der Waals surface area contributed by atoms with E-state index >= 15 is 0 Å². The van der Waals surface area contributed by atoms with Crippen LogP contribution in [-0.4, -0.2) is 10.9 Å². The highest BCUT2D eigenvalue weighted by atomic mass is 32.1. The molecule has 0 aliphatic rings. The van der Waals surface area contributed by atoms with Crippen molar-refractivity contribution in [1.29, 1.82) is 0 Å². The van der Waals surface area contributed by atoms with Gasteiger partial charge in [0.05, 0.1) is 11.3 Å². The Bertz CT molecular complexity index is 650. The zero-order valence-corrected chi connectivity index (χ0v) is 11.8. The third-order valence-electron chi connectivity index (χ3n) is 2.75. The number of aryl methyl sites for hydroxylation is 1. The van der Waals surface area contributed by atoms with Gasteiger partial charge in [0.25, 0.3) is 5.91 Å². The molecule has 1 aromatic heterocycles. The molecular weight excluding hydrogens is 303 g/mol. The summed E-state index contributed by atoms with van der Waals surface area (Å²) < 4.78 is 37.2. The van der Waals surface area contributed by atoms with Crippen molar-refractivity contribution < 1.29 is 18.0 Å². The van der Waals surface area contributed by atoms with Crippen LogP contribution in [0.3, 0.4) is 0 Å². The topological polar surface area (TPSA) is 68.0 Å². The average Bonchev–Trinajstić information content (AvgIpc) is 2.74.